The minimum Gasteiger partial charge on any atom is -0.491 e. The number of aliphatic hydroxyl groups excluding tert-OH is 1. The van der Waals surface area contributed by atoms with Gasteiger partial charge in [-0.05, 0) is 36.5 Å². The van der Waals surface area contributed by atoms with E-state index < -0.39 is 6.10 Å². The van der Waals surface area contributed by atoms with Gasteiger partial charge in [-0.1, -0.05) is 32.9 Å². The summed E-state index contributed by atoms with van der Waals surface area (Å²) in [6.45, 7) is 8.73. The Morgan fingerprint density at radius 2 is 2.00 bits per heavy atom. The van der Waals surface area contributed by atoms with E-state index in [1.807, 2.05) is 31.2 Å². The van der Waals surface area contributed by atoms with Crippen LogP contribution in [0.4, 0.5) is 0 Å². The Bertz CT molecular complexity index is 326. The molecule has 0 saturated carbocycles. The summed E-state index contributed by atoms with van der Waals surface area (Å²) in [5.74, 6) is 0.827. The Balaban J connectivity index is 2.40. The molecular weight excluding hydrogens is 200 g/mol. The molecule has 0 amide bonds. The van der Waals surface area contributed by atoms with Crippen LogP contribution in [0.15, 0.2) is 24.3 Å². The molecule has 0 saturated heterocycles. The van der Waals surface area contributed by atoms with Gasteiger partial charge < -0.3 is 9.84 Å². The molecule has 1 unspecified atom stereocenters. The summed E-state index contributed by atoms with van der Waals surface area (Å²) in [6, 6.07) is 7.87. The minimum atomic E-state index is -0.402. The van der Waals surface area contributed by atoms with Crippen molar-refractivity contribution in [1.82, 2.24) is 0 Å². The lowest BCUT2D eigenvalue weighted by Crippen LogP contribution is -2.23. The summed E-state index contributed by atoms with van der Waals surface area (Å²) < 4.78 is 5.54. The van der Waals surface area contributed by atoms with Gasteiger partial charge in [0.2, 0.25) is 0 Å². The first kappa shape index (κ1) is 13.0. The Morgan fingerprint density at radius 3 is 2.56 bits per heavy atom. The summed E-state index contributed by atoms with van der Waals surface area (Å²) in [5, 5.41) is 9.79. The minimum absolute atomic E-state index is 0.134. The van der Waals surface area contributed by atoms with E-state index in [0.29, 0.717) is 6.61 Å². The van der Waals surface area contributed by atoms with E-state index >= 15 is 0 Å². The maximum absolute atomic E-state index is 9.79. The standard InChI is InChI=1S/C14H22O2/c1-11-6-5-7-13(8-11)16-10-12(15)9-14(2,3)4/h5-8,12,15H,9-10H2,1-4H3. The maximum atomic E-state index is 9.79. The third-order valence-electron chi connectivity index (χ3n) is 2.28. The molecule has 0 spiro atoms. The summed E-state index contributed by atoms with van der Waals surface area (Å²) in [4.78, 5) is 0. The van der Waals surface area contributed by atoms with E-state index in [1.165, 1.54) is 5.56 Å². The summed E-state index contributed by atoms with van der Waals surface area (Å²) in [6.07, 6.45) is 0.347. The number of hydrogen-bond acceptors (Lipinski definition) is 2. The quantitative estimate of drug-likeness (QED) is 0.848. The number of benzene rings is 1. The van der Waals surface area contributed by atoms with Gasteiger partial charge in [0.15, 0.2) is 0 Å². The van der Waals surface area contributed by atoms with E-state index in [1.54, 1.807) is 0 Å². The number of hydrogen-bond donors (Lipinski definition) is 1. The van der Waals surface area contributed by atoms with Crippen molar-refractivity contribution in [1.29, 1.82) is 0 Å². The van der Waals surface area contributed by atoms with Gasteiger partial charge >= 0.3 is 0 Å². The van der Waals surface area contributed by atoms with Crippen molar-refractivity contribution >= 4 is 0 Å². The lowest BCUT2D eigenvalue weighted by Gasteiger charge is -2.22. The van der Waals surface area contributed by atoms with Gasteiger partial charge in [0.25, 0.3) is 0 Å². The predicted octanol–water partition coefficient (Wildman–Crippen LogP) is 3.17. The number of aryl methyl sites for hydroxylation is 1. The smallest absolute Gasteiger partial charge is 0.119 e. The van der Waals surface area contributed by atoms with Crippen LogP contribution >= 0.6 is 0 Å². The highest BCUT2D eigenvalue weighted by Gasteiger charge is 2.16. The number of rotatable bonds is 4. The molecule has 0 aliphatic carbocycles. The topological polar surface area (TPSA) is 29.5 Å². The third-order valence-corrected chi connectivity index (χ3v) is 2.28. The molecule has 1 N–H and O–H groups in total. The average molecular weight is 222 g/mol. The zero-order chi connectivity index (χ0) is 12.2. The zero-order valence-corrected chi connectivity index (χ0v) is 10.7. The van der Waals surface area contributed by atoms with Crippen molar-refractivity contribution in [2.75, 3.05) is 6.61 Å². The molecule has 2 heteroatoms. The van der Waals surface area contributed by atoms with Crippen LogP contribution in [0.2, 0.25) is 0 Å². The molecule has 0 bridgehead atoms. The Hall–Kier alpha value is -1.02. The third kappa shape index (κ3) is 5.17. The van der Waals surface area contributed by atoms with Gasteiger partial charge in [-0.25, -0.2) is 0 Å². The van der Waals surface area contributed by atoms with Crippen molar-refractivity contribution in [3.63, 3.8) is 0 Å². The van der Waals surface area contributed by atoms with E-state index in [2.05, 4.69) is 20.8 Å². The first-order valence-electron chi connectivity index (χ1n) is 5.74. The number of aliphatic hydroxyl groups is 1. The van der Waals surface area contributed by atoms with Crippen molar-refractivity contribution in [3.05, 3.63) is 29.8 Å². The normalized spacial score (nSPS) is 13.6. The second kappa shape index (κ2) is 5.35. The second-order valence-corrected chi connectivity index (χ2v) is 5.55. The summed E-state index contributed by atoms with van der Waals surface area (Å²) in [5.41, 5.74) is 1.30. The molecular formula is C14H22O2. The molecule has 1 aromatic carbocycles. The zero-order valence-electron chi connectivity index (χ0n) is 10.7. The molecule has 1 rings (SSSR count). The van der Waals surface area contributed by atoms with Crippen molar-refractivity contribution < 1.29 is 9.84 Å². The Labute approximate surface area is 98.3 Å². The molecule has 2 nitrogen and oxygen atoms in total. The molecule has 0 heterocycles. The van der Waals surface area contributed by atoms with E-state index in [0.717, 1.165) is 12.2 Å². The predicted molar refractivity (Wildman–Crippen MR) is 66.8 cm³/mol. The highest BCUT2D eigenvalue weighted by Crippen LogP contribution is 2.21. The summed E-state index contributed by atoms with van der Waals surface area (Å²) >= 11 is 0. The van der Waals surface area contributed by atoms with Crippen LogP contribution < -0.4 is 4.74 Å². The molecule has 0 aromatic heterocycles. The lowest BCUT2D eigenvalue weighted by atomic mass is 9.89. The van der Waals surface area contributed by atoms with Gasteiger partial charge in [-0.3, -0.25) is 0 Å². The molecule has 1 aromatic rings. The van der Waals surface area contributed by atoms with Crippen LogP contribution in [0.3, 0.4) is 0 Å². The first-order chi connectivity index (χ1) is 7.37. The van der Waals surface area contributed by atoms with Crippen LogP contribution in [0.25, 0.3) is 0 Å². The lowest BCUT2D eigenvalue weighted by molar-refractivity contribution is 0.0710. The second-order valence-electron chi connectivity index (χ2n) is 5.55. The molecule has 0 radical (unpaired) electrons. The molecule has 0 aliphatic rings. The highest BCUT2D eigenvalue weighted by atomic mass is 16.5. The van der Waals surface area contributed by atoms with Crippen molar-refractivity contribution in [3.8, 4) is 5.75 Å². The van der Waals surface area contributed by atoms with Gasteiger partial charge in [-0.15, -0.1) is 0 Å². The molecule has 1 atom stereocenters. The average Bonchev–Trinajstić information content (AvgIpc) is 2.12. The molecule has 0 aliphatic heterocycles. The fourth-order valence-electron chi connectivity index (χ4n) is 1.66. The largest absolute Gasteiger partial charge is 0.491 e. The van der Waals surface area contributed by atoms with Crippen molar-refractivity contribution in [2.24, 2.45) is 5.41 Å². The monoisotopic (exact) mass is 222 g/mol. The van der Waals surface area contributed by atoms with Crippen LogP contribution in [0.5, 0.6) is 5.75 Å². The van der Waals surface area contributed by atoms with Crippen LogP contribution in [0, 0.1) is 12.3 Å². The SMILES string of the molecule is Cc1cccc(OCC(O)CC(C)(C)C)c1. The fraction of sp³-hybridized carbons (Fsp3) is 0.571. The van der Waals surface area contributed by atoms with Crippen molar-refractivity contribution in [2.45, 2.75) is 40.2 Å². The van der Waals surface area contributed by atoms with E-state index in [-0.39, 0.29) is 5.41 Å². The van der Waals surface area contributed by atoms with Gasteiger partial charge in [-0.2, -0.15) is 0 Å². The molecule has 16 heavy (non-hydrogen) atoms. The summed E-state index contributed by atoms with van der Waals surface area (Å²) in [7, 11) is 0. The highest BCUT2D eigenvalue weighted by molar-refractivity contribution is 5.27. The fourth-order valence-corrected chi connectivity index (χ4v) is 1.66. The molecule has 0 fully saturated rings. The van der Waals surface area contributed by atoms with Gasteiger partial charge in [0, 0.05) is 0 Å². The van der Waals surface area contributed by atoms with Crippen LogP contribution in [0.1, 0.15) is 32.8 Å². The van der Waals surface area contributed by atoms with Crippen LogP contribution in [-0.2, 0) is 0 Å². The maximum Gasteiger partial charge on any atom is 0.119 e. The molecule has 90 valence electrons. The Kier molecular flexibility index (Phi) is 4.36. The van der Waals surface area contributed by atoms with E-state index in [9.17, 15) is 5.11 Å². The Morgan fingerprint density at radius 1 is 1.31 bits per heavy atom. The van der Waals surface area contributed by atoms with Crippen LogP contribution in [-0.4, -0.2) is 17.8 Å². The van der Waals surface area contributed by atoms with E-state index in [4.69, 9.17) is 4.74 Å². The van der Waals surface area contributed by atoms with Gasteiger partial charge in [0.05, 0.1) is 6.10 Å². The van der Waals surface area contributed by atoms with Gasteiger partial charge in [0.1, 0.15) is 12.4 Å². The number of ether oxygens (including phenoxy) is 1. The first-order valence-corrected chi connectivity index (χ1v) is 5.74.